The third kappa shape index (κ3) is 7.57. The Balaban J connectivity index is 0.00000364. The van der Waals surface area contributed by atoms with Crippen molar-refractivity contribution >= 4 is 40.0 Å². The van der Waals surface area contributed by atoms with Crippen molar-refractivity contribution in [2.24, 2.45) is 10.9 Å². The van der Waals surface area contributed by atoms with Gasteiger partial charge in [-0.05, 0) is 24.3 Å². The maximum absolute atomic E-state index is 11.6. The zero-order valence-electron chi connectivity index (χ0n) is 16.7. The number of rotatable bonds is 6. The van der Waals surface area contributed by atoms with Crippen molar-refractivity contribution < 1.29 is 8.42 Å². The lowest BCUT2D eigenvalue weighted by atomic mass is 9.85. The fourth-order valence-corrected chi connectivity index (χ4v) is 4.08. The summed E-state index contributed by atoms with van der Waals surface area (Å²) >= 11 is 0. The van der Waals surface area contributed by atoms with E-state index in [9.17, 15) is 8.42 Å². The number of benzene rings is 1. The van der Waals surface area contributed by atoms with Crippen LogP contribution in [0.15, 0.2) is 35.3 Å². The number of aliphatic imine (C=N–C) groups is 1. The van der Waals surface area contributed by atoms with Gasteiger partial charge in [0.1, 0.15) is 0 Å². The lowest BCUT2D eigenvalue weighted by Crippen LogP contribution is -2.46. The third-order valence-corrected chi connectivity index (χ3v) is 6.38. The van der Waals surface area contributed by atoms with Crippen LogP contribution < -0.4 is 10.6 Å². The molecule has 0 bridgehead atoms. The Kier molecular flexibility index (Phi) is 9.50. The van der Waals surface area contributed by atoms with Gasteiger partial charge < -0.3 is 10.6 Å². The van der Waals surface area contributed by atoms with Crippen molar-refractivity contribution in [2.45, 2.75) is 32.1 Å². The van der Waals surface area contributed by atoms with Gasteiger partial charge in [0, 0.05) is 38.6 Å². The molecule has 0 amide bonds. The van der Waals surface area contributed by atoms with Crippen LogP contribution >= 0.6 is 24.0 Å². The van der Waals surface area contributed by atoms with E-state index in [0.717, 1.165) is 31.9 Å². The highest BCUT2D eigenvalue weighted by Gasteiger charge is 2.25. The molecule has 6 nitrogen and oxygen atoms in total. The molecule has 0 radical (unpaired) electrons. The van der Waals surface area contributed by atoms with Crippen LogP contribution in [0.1, 0.15) is 32.3 Å². The highest BCUT2D eigenvalue weighted by Crippen LogP contribution is 2.21. The fraction of sp³-hybridized carbons (Fsp3) is 0.632. The summed E-state index contributed by atoms with van der Waals surface area (Å²) in [7, 11) is -1.28. The molecule has 1 aromatic rings. The molecule has 1 aromatic carbocycles. The summed E-state index contributed by atoms with van der Waals surface area (Å²) in [5.74, 6) is 1.26. The minimum Gasteiger partial charge on any atom is -0.356 e. The maximum Gasteiger partial charge on any atom is 0.211 e. The molecule has 1 fully saturated rings. The molecule has 1 aliphatic heterocycles. The summed E-state index contributed by atoms with van der Waals surface area (Å²) in [5.41, 5.74) is 1.29. The van der Waals surface area contributed by atoms with Crippen LogP contribution in [0.25, 0.3) is 0 Å². The topological polar surface area (TPSA) is 73.8 Å². The van der Waals surface area contributed by atoms with Crippen LogP contribution in [0.4, 0.5) is 0 Å². The number of guanidine groups is 1. The van der Waals surface area contributed by atoms with Gasteiger partial charge in [-0.3, -0.25) is 4.99 Å². The molecular formula is C19H33IN4O2S. The average molecular weight is 508 g/mol. The van der Waals surface area contributed by atoms with Gasteiger partial charge in [0.15, 0.2) is 5.96 Å². The van der Waals surface area contributed by atoms with Gasteiger partial charge in [-0.25, -0.2) is 12.7 Å². The zero-order chi connectivity index (χ0) is 19.2. The quantitative estimate of drug-likeness (QED) is 0.352. The minimum atomic E-state index is -3.06. The Morgan fingerprint density at radius 2 is 1.78 bits per heavy atom. The monoisotopic (exact) mass is 508 g/mol. The molecule has 0 unspecified atom stereocenters. The molecule has 0 aliphatic carbocycles. The van der Waals surface area contributed by atoms with Gasteiger partial charge in [-0.2, -0.15) is 0 Å². The predicted octanol–water partition coefficient (Wildman–Crippen LogP) is 2.42. The van der Waals surface area contributed by atoms with Gasteiger partial charge in [0.25, 0.3) is 0 Å². The summed E-state index contributed by atoms with van der Waals surface area (Å²) in [4.78, 5) is 4.31. The third-order valence-electron chi connectivity index (χ3n) is 5.08. The lowest BCUT2D eigenvalue weighted by molar-refractivity contribution is 0.274. The van der Waals surface area contributed by atoms with E-state index in [1.165, 1.54) is 11.8 Å². The summed E-state index contributed by atoms with van der Waals surface area (Å²) in [6, 6.07) is 10.4. The van der Waals surface area contributed by atoms with Crippen LogP contribution in [0.3, 0.4) is 0 Å². The van der Waals surface area contributed by atoms with E-state index in [1.54, 1.807) is 11.4 Å². The van der Waals surface area contributed by atoms with E-state index in [2.05, 4.69) is 53.7 Å². The first-order valence-corrected chi connectivity index (χ1v) is 11.0. The highest BCUT2D eigenvalue weighted by atomic mass is 127. The largest absolute Gasteiger partial charge is 0.356 e. The van der Waals surface area contributed by atoms with E-state index in [0.29, 0.717) is 19.0 Å². The summed E-state index contributed by atoms with van der Waals surface area (Å²) < 4.78 is 24.7. The number of halogens is 1. The van der Waals surface area contributed by atoms with Gasteiger partial charge >= 0.3 is 0 Å². The summed E-state index contributed by atoms with van der Waals surface area (Å²) in [5, 5.41) is 6.80. The number of piperidine rings is 1. The molecule has 8 heteroatoms. The molecule has 154 valence electrons. The molecule has 0 spiro atoms. The molecule has 1 saturated heterocycles. The lowest BCUT2D eigenvalue weighted by Gasteiger charge is -2.31. The number of hydrogen-bond donors (Lipinski definition) is 2. The Morgan fingerprint density at radius 3 is 2.30 bits per heavy atom. The first kappa shape index (κ1) is 24.2. The van der Waals surface area contributed by atoms with Crippen LogP contribution in [0, 0.1) is 5.92 Å². The standard InChI is InChI=1S/C19H32N4O2S.HI/c1-19(2,17-8-6-5-7-9-17)15-22-18(20-3)21-14-16-10-12-23(13-11-16)26(4,24)25;/h5-9,16H,10-15H2,1-4H3,(H2,20,21,22);1H. The molecular weight excluding hydrogens is 475 g/mol. The Morgan fingerprint density at radius 1 is 1.19 bits per heavy atom. The number of hydrogen-bond acceptors (Lipinski definition) is 3. The molecule has 0 atom stereocenters. The van der Waals surface area contributed by atoms with Gasteiger partial charge in [0.2, 0.25) is 10.0 Å². The van der Waals surface area contributed by atoms with E-state index in [1.807, 2.05) is 6.07 Å². The first-order valence-electron chi connectivity index (χ1n) is 9.17. The second-order valence-corrected chi connectivity index (χ2v) is 9.64. The Bertz CT molecular complexity index is 700. The van der Waals surface area contributed by atoms with Crippen molar-refractivity contribution in [3.05, 3.63) is 35.9 Å². The van der Waals surface area contributed by atoms with E-state index in [4.69, 9.17) is 0 Å². The van der Waals surface area contributed by atoms with Crippen molar-refractivity contribution in [1.29, 1.82) is 0 Å². The minimum absolute atomic E-state index is 0. The zero-order valence-corrected chi connectivity index (χ0v) is 19.9. The van der Waals surface area contributed by atoms with Crippen LogP contribution in [-0.2, 0) is 15.4 Å². The molecule has 0 aromatic heterocycles. The number of nitrogens with zero attached hydrogens (tertiary/aromatic N) is 2. The van der Waals surface area contributed by atoms with Crippen molar-refractivity contribution in [1.82, 2.24) is 14.9 Å². The van der Waals surface area contributed by atoms with Crippen molar-refractivity contribution in [2.75, 3.05) is 39.5 Å². The maximum atomic E-state index is 11.6. The Labute approximate surface area is 181 Å². The summed E-state index contributed by atoms with van der Waals surface area (Å²) in [6.45, 7) is 7.23. The fourth-order valence-electron chi connectivity index (χ4n) is 3.20. The first-order chi connectivity index (χ1) is 12.2. The highest BCUT2D eigenvalue weighted by molar-refractivity contribution is 14.0. The number of sulfonamides is 1. The van der Waals surface area contributed by atoms with Crippen molar-refractivity contribution in [3.8, 4) is 0 Å². The van der Waals surface area contributed by atoms with Crippen LogP contribution in [0.5, 0.6) is 0 Å². The van der Waals surface area contributed by atoms with Crippen LogP contribution in [0.2, 0.25) is 0 Å². The SMILES string of the molecule is CN=C(NCC1CCN(S(C)(=O)=O)CC1)NCC(C)(C)c1ccccc1.I. The number of nitrogens with one attached hydrogen (secondary N) is 2. The average Bonchev–Trinajstić information content (AvgIpc) is 2.62. The van der Waals surface area contributed by atoms with E-state index < -0.39 is 10.0 Å². The molecule has 0 saturated carbocycles. The second kappa shape index (κ2) is 10.6. The summed E-state index contributed by atoms with van der Waals surface area (Å²) in [6.07, 6.45) is 3.05. The molecule has 27 heavy (non-hydrogen) atoms. The second-order valence-electron chi connectivity index (χ2n) is 7.66. The molecule has 1 aliphatic rings. The van der Waals surface area contributed by atoms with Gasteiger partial charge in [0.05, 0.1) is 6.26 Å². The van der Waals surface area contributed by atoms with Crippen LogP contribution in [-0.4, -0.2) is 58.2 Å². The molecule has 2 N–H and O–H groups in total. The van der Waals surface area contributed by atoms with E-state index in [-0.39, 0.29) is 29.4 Å². The molecule has 1 heterocycles. The van der Waals surface area contributed by atoms with Gasteiger partial charge in [-0.1, -0.05) is 44.2 Å². The normalized spacial score (nSPS) is 17.3. The van der Waals surface area contributed by atoms with Gasteiger partial charge in [-0.15, -0.1) is 24.0 Å². The molecule has 2 rings (SSSR count). The van der Waals surface area contributed by atoms with Crippen molar-refractivity contribution in [3.63, 3.8) is 0 Å². The van der Waals surface area contributed by atoms with E-state index >= 15 is 0 Å². The predicted molar refractivity (Wildman–Crippen MR) is 123 cm³/mol. The Hall–Kier alpha value is -0.870. The smallest absolute Gasteiger partial charge is 0.211 e.